The number of hydrogen-bond acceptors (Lipinski definition) is 5. The monoisotopic (exact) mass is 442 g/mol. The van der Waals surface area contributed by atoms with Gasteiger partial charge in [0.25, 0.3) is 5.91 Å². The van der Waals surface area contributed by atoms with E-state index in [0.717, 1.165) is 11.3 Å². The number of aromatic nitrogens is 2. The SMILES string of the molecule is O=C(Nc1cc(-c2[nH]c3c(c2Nc2ccccc2)C(=O)COC3)ccn1)c1ccc(F)cc1. The molecule has 2 aromatic carbocycles. The van der Waals surface area contributed by atoms with Crippen molar-refractivity contribution in [3.63, 3.8) is 0 Å². The number of ketones is 1. The molecule has 33 heavy (non-hydrogen) atoms. The minimum Gasteiger partial charge on any atom is -0.367 e. The quantitative estimate of drug-likeness (QED) is 0.408. The van der Waals surface area contributed by atoms with Crippen molar-refractivity contribution in [2.75, 3.05) is 17.2 Å². The number of amides is 1. The van der Waals surface area contributed by atoms with Crippen molar-refractivity contribution in [2.24, 2.45) is 0 Å². The van der Waals surface area contributed by atoms with Crippen LogP contribution in [0.1, 0.15) is 26.4 Å². The van der Waals surface area contributed by atoms with Gasteiger partial charge in [0.15, 0.2) is 5.78 Å². The van der Waals surface area contributed by atoms with Crippen LogP contribution in [0.3, 0.4) is 0 Å². The number of para-hydroxylation sites is 1. The van der Waals surface area contributed by atoms with E-state index in [4.69, 9.17) is 4.74 Å². The molecule has 1 amide bonds. The van der Waals surface area contributed by atoms with E-state index in [-0.39, 0.29) is 12.4 Å². The first-order valence-electron chi connectivity index (χ1n) is 10.3. The second kappa shape index (κ2) is 8.68. The van der Waals surface area contributed by atoms with Gasteiger partial charge >= 0.3 is 0 Å². The number of H-pyrrole nitrogens is 1. The maximum atomic E-state index is 13.2. The summed E-state index contributed by atoms with van der Waals surface area (Å²) in [6.45, 7) is 0.312. The number of aromatic amines is 1. The van der Waals surface area contributed by atoms with Gasteiger partial charge in [-0.3, -0.25) is 9.59 Å². The smallest absolute Gasteiger partial charge is 0.256 e. The van der Waals surface area contributed by atoms with Crippen LogP contribution in [0.15, 0.2) is 72.9 Å². The summed E-state index contributed by atoms with van der Waals surface area (Å²) in [4.78, 5) is 32.7. The Hall–Kier alpha value is -4.30. The first-order chi connectivity index (χ1) is 16.1. The topological polar surface area (TPSA) is 96.1 Å². The van der Waals surface area contributed by atoms with Gasteiger partial charge in [-0.15, -0.1) is 0 Å². The standard InChI is InChI=1S/C25H19FN4O3/c26-17-8-6-15(7-9-17)25(32)30-21-12-16(10-11-27-21)23-24(28-18-4-2-1-3-5-18)22-19(29-23)13-33-14-20(22)31/h1-12,28-29H,13-14H2,(H,27,30,32). The zero-order valence-electron chi connectivity index (χ0n) is 17.4. The Kier molecular flexibility index (Phi) is 5.42. The van der Waals surface area contributed by atoms with E-state index in [9.17, 15) is 14.0 Å². The van der Waals surface area contributed by atoms with Gasteiger partial charge in [0.05, 0.1) is 29.2 Å². The van der Waals surface area contributed by atoms with Crippen LogP contribution in [0.2, 0.25) is 0 Å². The van der Waals surface area contributed by atoms with Crippen molar-refractivity contribution in [3.05, 3.63) is 95.6 Å². The predicted molar refractivity (Wildman–Crippen MR) is 122 cm³/mol. The number of ether oxygens (including phenoxy) is 1. The molecule has 0 bridgehead atoms. The third-order valence-electron chi connectivity index (χ3n) is 5.28. The lowest BCUT2D eigenvalue weighted by atomic mass is 10.0. The molecule has 5 rings (SSSR count). The lowest BCUT2D eigenvalue weighted by Crippen LogP contribution is -2.18. The highest BCUT2D eigenvalue weighted by atomic mass is 19.1. The highest BCUT2D eigenvalue weighted by molar-refractivity contribution is 6.08. The van der Waals surface area contributed by atoms with Crippen molar-refractivity contribution in [2.45, 2.75) is 6.61 Å². The molecule has 0 radical (unpaired) electrons. The molecule has 8 heteroatoms. The number of carbonyl (C=O) groups excluding carboxylic acids is 2. The van der Waals surface area contributed by atoms with Gasteiger partial charge in [0, 0.05) is 23.0 Å². The van der Waals surface area contributed by atoms with Crippen LogP contribution in [-0.2, 0) is 11.3 Å². The zero-order valence-corrected chi connectivity index (χ0v) is 17.4. The Morgan fingerprint density at radius 3 is 2.61 bits per heavy atom. The molecule has 1 aliphatic rings. The molecule has 0 spiro atoms. The van der Waals surface area contributed by atoms with Crippen LogP contribution < -0.4 is 10.6 Å². The van der Waals surface area contributed by atoms with Crippen molar-refractivity contribution < 1.29 is 18.7 Å². The maximum Gasteiger partial charge on any atom is 0.256 e. The van der Waals surface area contributed by atoms with Gasteiger partial charge in [0.1, 0.15) is 18.2 Å². The number of pyridine rings is 1. The van der Waals surface area contributed by atoms with Crippen LogP contribution in [0.4, 0.5) is 21.6 Å². The Bertz CT molecular complexity index is 1330. The average molecular weight is 442 g/mol. The van der Waals surface area contributed by atoms with Crippen LogP contribution in [0.5, 0.6) is 0 Å². The minimum atomic E-state index is -0.417. The van der Waals surface area contributed by atoms with Crippen molar-refractivity contribution in [1.82, 2.24) is 9.97 Å². The van der Waals surface area contributed by atoms with Crippen LogP contribution in [-0.4, -0.2) is 28.3 Å². The van der Waals surface area contributed by atoms with Gasteiger partial charge in [-0.2, -0.15) is 0 Å². The molecule has 164 valence electrons. The van der Waals surface area contributed by atoms with Crippen molar-refractivity contribution in [1.29, 1.82) is 0 Å². The Morgan fingerprint density at radius 1 is 1.03 bits per heavy atom. The lowest BCUT2D eigenvalue weighted by Gasteiger charge is -2.14. The van der Waals surface area contributed by atoms with E-state index >= 15 is 0 Å². The fraction of sp³-hybridized carbons (Fsp3) is 0.0800. The molecule has 0 aliphatic carbocycles. The van der Waals surface area contributed by atoms with Crippen molar-refractivity contribution in [3.8, 4) is 11.3 Å². The number of halogens is 1. The molecule has 0 saturated heterocycles. The average Bonchev–Trinajstić information content (AvgIpc) is 3.20. The normalized spacial score (nSPS) is 12.8. The predicted octanol–water partition coefficient (Wildman–Crippen LogP) is 4.92. The summed E-state index contributed by atoms with van der Waals surface area (Å²) < 4.78 is 18.5. The summed E-state index contributed by atoms with van der Waals surface area (Å²) >= 11 is 0. The lowest BCUT2D eigenvalue weighted by molar-refractivity contribution is 0.0660. The van der Waals surface area contributed by atoms with Crippen LogP contribution in [0, 0.1) is 5.82 Å². The number of carbonyl (C=O) groups is 2. The first kappa shape index (κ1) is 20.6. The molecule has 2 aromatic heterocycles. The van der Waals surface area contributed by atoms with Crippen molar-refractivity contribution >= 4 is 28.9 Å². The summed E-state index contributed by atoms with van der Waals surface area (Å²) in [5.41, 5.74) is 4.45. The molecule has 1 aliphatic heterocycles. The molecule has 0 atom stereocenters. The van der Waals surface area contributed by atoms with E-state index in [1.165, 1.54) is 24.3 Å². The summed E-state index contributed by atoms with van der Waals surface area (Å²) in [5, 5.41) is 6.08. The summed E-state index contributed by atoms with van der Waals surface area (Å²) in [6, 6.07) is 18.3. The third kappa shape index (κ3) is 4.24. The number of anilines is 3. The van der Waals surface area contributed by atoms with Gasteiger partial charge in [-0.1, -0.05) is 18.2 Å². The Balaban J connectivity index is 1.51. The molecular formula is C25H19FN4O3. The van der Waals surface area contributed by atoms with E-state index in [1.807, 2.05) is 30.3 Å². The Morgan fingerprint density at radius 2 is 1.82 bits per heavy atom. The molecule has 3 N–H and O–H groups in total. The number of hydrogen-bond donors (Lipinski definition) is 3. The van der Waals surface area contributed by atoms with Gasteiger partial charge in [-0.05, 0) is 48.5 Å². The number of benzene rings is 2. The molecule has 0 unspecified atom stereocenters. The highest BCUT2D eigenvalue weighted by Gasteiger charge is 2.27. The fourth-order valence-electron chi connectivity index (χ4n) is 3.74. The molecule has 4 aromatic rings. The molecule has 3 heterocycles. The van der Waals surface area contributed by atoms with E-state index < -0.39 is 11.7 Å². The zero-order chi connectivity index (χ0) is 22.8. The van der Waals surface area contributed by atoms with Gasteiger partial charge in [-0.25, -0.2) is 9.37 Å². The van der Waals surface area contributed by atoms with Crippen LogP contribution >= 0.6 is 0 Å². The molecular weight excluding hydrogens is 423 g/mol. The molecule has 0 fully saturated rings. The summed E-state index contributed by atoms with van der Waals surface area (Å²) in [6.07, 6.45) is 1.57. The second-order valence-electron chi connectivity index (χ2n) is 7.53. The van der Waals surface area contributed by atoms with Gasteiger partial charge < -0.3 is 20.4 Å². The molecule has 0 saturated carbocycles. The number of nitrogens with zero attached hydrogens (tertiary/aromatic N) is 1. The van der Waals surface area contributed by atoms with Gasteiger partial charge in [0.2, 0.25) is 0 Å². The minimum absolute atomic E-state index is 0.0169. The largest absolute Gasteiger partial charge is 0.367 e. The first-order valence-corrected chi connectivity index (χ1v) is 10.3. The second-order valence-corrected chi connectivity index (χ2v) is 7.53. The summed E-state index contributed by atoms with van der Waals surface area (Å²) in [7, 11) is 0. The number of fused-ring (bicyclic) bond motifs is 1. The van der Waals surface area contributed by atoms with E-state index in [0.29, 0.717) is 40.6 Å². The summed E-state index contributed by atoms with van der Waals surface area (Å²) in [5.74, 6) is -0.616. The Labute approximate surface area is 188 Å². The maximum absolute atomic E-state index is 13.2. The van der Waals surface area contributed by atoms with E-state index in [1.54, 1.807) is 18.3 Å². The number of rotatable bonds is 5. The third-order valence-corrected chi connectivity index (χ3v) is 5.28. The van der Waals surface area contributed by atoms with Crippen LogP contribution in [0.25, 0.3) is 11.3 Å². The fourth-order valence-corrected chi connectivity index (χ4v) is 3.74. The van der Waals surface area contributed by atoms with E-state index in [2.05, 4.69) is 20.6 Å². The number of Topliss-reactive ketones (excluding diaryl/α,β-unsaturated/α-hetero) is 1. The number of nitrogens with one attached hydrogen (secondary N) is 3. The molecule has 7 nitrogen and oxygen atoms in total. The highest BCUT2D eigenvalue weighted by Crippen LogP contribution is 2.37.